The van der Waals surface area contributed by atoms with Crippen molar-refractivity contribution in [2.45, 2.75) is 31.6 Å². The van der Waals surface area contributed by atoms with E-state index in [0.717, 1.165) is 11.8 Å². The molecule has 0 fully saturated rings. The molecule has 118 valence electrons. The Balaban J connectivity index is 3.35. The fourth-order valence-corrected chi connectivity index (χ4v) is 2.80. The molecule has 0 radical (unpaired) electrons. The standard InChI is InChI=1S/C15H16O6S/c1-3-4-10-11(6-5-9(8(2)16)14(10)19)22-12(15(20)21)7-13(17)18/h5-7,19H,3-4H2,1-2H3,(H,17,18)(H,20,21)/b12-7-. The number of carboxylic acid groups (broad SMARTS) is 2. The number of aromatic hydroxyl groups is 1. The number of aliphatic carboxylic acids is 2. The lowest BCUT2D eigenvalue weighted by Gasteiger charge is -2.13. The lowest BCUT2D eigenvalue weighted by Crippen LogP contribution is -2.03. The molecule has 6 nitrogen and oxygen atoms in total. The molecule has 0 aliphatic heterocycles. The van der Waals surface area contributed by atoms with Crippen molar-refractivity contribution in [3.8, 4) is 5.75 Å². The van der Waals surface area contributed by atoms with Crippen LogP contribution in [0.1, 0.15) is 36.2 Å². The van der Waals surface area contributed by atoms with Gasteiger partial charge in [-0.1, -0.05) is 25.1 Å². The molecule has 1 rings (SSSR count). The average molecular weight is 324 g/mol. The van der Waals surface area contributed by atoms with Crippen LogP contribution < -0.4 is 0 Å². The van der Waals surface area contributed by atoms with Gasteiger partial charge >= 0.3 is 11.9 Å². The molecule has 0 bridgehead atoms. The summed E-state index contributed by atoms with van der Waals surface area (Å²) in [5.41, 5.74) is 0.602. The summed E-state index contributed by atoms with van der Waals surface area (Å²) in [7, 11) is 0. The minimum Gasteiger partial charge on any atom is -0.507 e. The SMILES string of the molecule is CCCc1c(S/C(=C\C(=O)O)C(=O)O)ccc(C(C)=O)c1O. The highest BCUT2D eigenvalue weighted by molar-refractivity contribution is 8.04. The molecule has 3 N–H and O–H groups in total. The predicted octanol–water partition coefficient (Wildman–Crippen LogP) is 2.69. The van der Waals surface area contributed by atoms with E-state index >= 15 is 0 Å². The Morgan fingerprint density at radius 2 is 1.86 bits per heavy atom. The van der Waals surface area contributed by atoms with Crippen molar-refractivity contribution in [1.29, 1.82) is 0 Å². The van der Waals surface area contributed by atoms with E-state index in [0.29, 0.717) is 29.4 Å². The molecule has 0 aromatic heterocycles. The zero-order valence-electron chi connectivity index (χ0n) is 12.1. The molecule has 1 aromatic rings. The minimum absolute atomic E-state index is 0.159. The third kappa shape index (κ3) is 4.36. The summed E-state index contributed by atoms with van der Waals surface area (Å²) in [5, 5.41) is 27.9. The van der Waals surface area contributed by atoms with Crippen LogP contribution in [0.25, 0.3) is 0 Å². The van der Waals surface area contributed by atoms with E-state index in [2.05, 4.69) is 0 Å². The lowest BCUT2D eigenvalue weighted by molar-refractivity contribution is -0.134. The van der Waals surface area contributed by atoms with Gasteiger partial charge in [0.05, 0.1) is 5.56 Å². The van der Waals surface area contributed by atoms with E-state index in [1.54, 1.807) is 0 Å². The smallest absolute Gasteiger partial charge is 0.342 e. The molecule has 0 heterocycles. The van der Waals surface area contributed by atoms with Crippen molar-refractivity contribution in [1.82, 2.24) is 0 Å². The third-order valence-electron chi connectivity index (χ3n) is 2.80. The van der Waals surface area contributed by atoms with Gasteiger partial charge in [0, 0.05) is 16.5 Å². The number of carboxylic acids is 2. The van der Waals surface area contributed by atoms with Gasteiger partial charge in [0.1, 0.15) is 10.7 Å². The fraction of sp³-hybridized carbons (Fsp3) is 0.267. The summed E-state index contributed by atoms with van der Waals surface area (Å²) in [4.78, 5) is 33.3. The number of carbonyl (C=O) groups excluding carboxylic acids is 1. The van der Waals surface area contributed by atoms with Gasteiger partial charge in [-0.2, -0.15) is 0 Å². The van der Waals surface area contributed by atoms with Crippen molar-refractivity contribution >= 4 is 29.5 Å². The Morgan fingerprint density at radius 1 is 1.23 bits per heavy atom. The van der Waals surface area contributed by atoms with Crippen molar-refractivity contribution in [2.24, 2.45) is 0 Å². The van der Waals surface area contributed by atoms with Crippen LogP contribution in [0.4, 0.5) is 0 Å². The van der Waals surface area contributed by atoms with Crippen LogP contribution in [-0.4, -0.2) is 33.0 Å². The number of rotatable bonds is 7. The molecule has 0 saturated heterocycles. The van der Waals surface area contributed by atoms with E-state index < -0.39 is 11.9 Å². The summed E-state index contributed by atoms with van der Waals surface area (Å²) in [6, 6.07) is 2.92. The maximum Gasteiger partial charge on any atom is 0.342 e. The molecule has 0 unspecified atom stereocenters. The van der Waals surface area contributed by atoms with Crippen LogP contribution in [0.2, 0.25) is 0 Å². The van der Waals surface area contributed by atoms with Gasteiger partial charge in [0.25, 0.3) is 0 Å². The molecule has 22 heavy (non-hydrogen) atoms. The van der Waals surface area contributed by atoms with Crippen molar-refractivity contribution in [3.05, 3.63) is 34.2 Å². The van der Waals surface area contributed by atoms with Crippen LogP contribution in [0.3, 0.4) is 0 Å². The summed E-state index contributed by atoms with van der Waals surface area (Å²) in [6.07, 6.45) is 1.71. The maximum atomic E-state index is 11.5. The quantitative estimate of drug-likeness (QED) is 0.401. The van der Waals surface area contributed by atoms with Crippen LogP contribution >= 0.6 is 11.8 Å². The number of benzene rings is 1. The number of phenols is 1. The van der Waals surface area contributed by atoms with Crippen molar-refractivity contribution in [3.63, 3.8) is 0 Å². The number of hydrogen-bond acceptors (Lipinski definition) is 5. The second-order valence-corrected chi connectivity index (χ2v) is 5.58. The van der Waals surface area contributed by atoms with Crippen LogP contribution in [0.5, 0.6) is 5.75 Å². The lowest BCUT2D eigenvalue weighted by atomic mass is 10.0. The monoisotopic (exact) mass is 324 g/mol. The van der Waals surface area contributed by atoms with Gasteiger partial charge in [-0.3, -0.25) is 4.79 Å². The largest absolute Gasteiger partial charge is 0.507 e. The van der Waals surface area contributed by atoms with Crippen molar-refractivity contribution < 1.29 is 29.7 Å². The van der Waals surface area contributed by atoms with Crippen LogP contribution in [0.15, 0.2) is 28.0 Å². The molecule has 1 aromatic carbocycles. The molecule has 7 heteroatoms. The van der Waals surface area contributed by atoms with E-state index in [-0.39, 0.29) is 22.0 Å². The van der Waals surface area contributed by atoms with E-state index in [9.17, 15) is 19.5 Å². The number of Topliss-reactive ketones (excluding diaryl/α,β-unsaturated/α-hetero) is 1. The Bertz CT molecular complexity index is 648. The van der Waals surface area contributed by atoms with E-state index in [1.165, 1.54) is 19.1 Å². The normalized spacial score (nSPS) is 11.3. The summed E-state index contributed by atoms with van der Waals surface area (Å²) < 4.78 is 0. The molecular formula is C15H16O6S. The first-order valence-electron chi connectivity index (χ1n) is 6.49. The second kappa shape index (κ2) is 7.65. The highest BCUT2D eigenvalue weighted by Gasteiger charge is 2.19. The first kappa shape index (κ1) is 17.8. The molecule has 0 aliphatic carbocycles. The van der Waals surface area contributed by atoms with Crippen LogP contribution in [-0.2, 0) is 16.0 Å². The highest BCUT2D eigenvalue weighted by Crippen LogP contribution is 2.37. The van der Waals surface area contributed by atoms with Gasteiger partial charge in [-0.05, 0) is 25.5 Å². The number of phenolic OH excluding ortho intramolecular Hbond substituents is 1. The van der Waals surface area contributed by atoms with Crippen LogP contribution in [0, 0.1) is 0 Å². The number of carbonyl (C=O) groups is 3. The van der Waals surface area contributed by atoms with E-state index in [1.807, 2.05) is 6.92 Å². The average Bonchev–Trinajstić information content (AvgIpc) is 2.40. The number of ketones is 1. The Hall–Kier alpha value is -2.28. The number of thioether (sulfide) groups is 1. The number of hydrogen-bond donors (Lipinski definition) is 3. The first-order chi connectivity index (χ1) is 10.3. The Labute approximate surface area is 131 Å². The predicted molar refractivity (Wildman–Crippen MR) is 81.3 cm³/mol. The van der Waals surface area contributed by atoms with Gasteiger partial charge < -0.3 is 15.3 Å². The van der Waals surface area contributed by atoms with Gasteiger partial charge in [0.15, 0.2) is 5.78 Å². The zero-order chi connectivity index (χ0) is 16.9. The zero-order valence-corrected chi connectivity index (χ0v) is 12.9. The molecular weight excluding hydrogens is 308 g/mol. The molecule has 0 amide bonds. The topological polar surface area (TPSA) is 112 Å². The van der Waals surface area contributed by atoms with Crippen molar-refractivity contribution in [2.75, 3.05) is 0 Å². The fourth-order valence-electron chi connectivity index (χ4n) is 1.85. The van der Waals surface area contributed by atoms with Gasteiger partial charge in [-0.25, -0.2) is 9.59 Å². The summed E-state index contributed by atoms with van der Waals surface area (Å²) >= 11 is 0.736. The highest BCUT2D eigenvalue weighted by atomic mass is 32.2. The van der Waals surface area contributed by atoms with Gasteiger partial charge in [0.2, 0.25) is 0 Å². The second-order valence-electron chi connectivity index (χ2n) is 4.50. The third-order valence-corrected chi connectivity index (χ3v) is 3.92. The molecule has 0 aliphatic rings. The summed E-state index contributed by atoms with van der Waals surface area (Å²) in [6.45, 7) is 3.20. The molecule has 0 atom stereocenters. The van der Waals surface area contributed by atoms with Gasteiger partial charge in [-0.15, -0.1) is 0 Å². The first-order valence-corrected chi connectivity index (χ1v) is 7.31. The summed E-state index contributed by atoms with van der Waals surface area (Å²) in [5.74, 6) is -3.22. The Morgan fingerprint density at radius 3 is 2.32 bits per heavy atom. The molecule has 0 spiro atoms. The minimum atomic E-state index is -1.37. The molecule has 0 saturated carbocycles. The maximum absolute atomic E-state index is 11.5. The van der Waals surface area contributed by atoms with E-state index in [4.69, 9.17) is 10.2 Å². The Kier molecular flexibility index (Phi) is 6.18.